The number of methoxy groups -OCH3 is 1. The second-order valence-corrected chi connectivity index (χ2v) is 7.47. The third-order valence-corrected chi connectivity index (χ3v) is 4.60. The molecule has 1 N–H and O–H groups in total. The van der Waals surface area contributed by atoms with Crippen LogP contribution in [-0.2, 0) is 16.1 Å². The van der Waals surface area contributed by atoms with Crippen LogP contribution in [0.15, 0.2) is 34.4 Å². The Morgan fingerprint density at radius 3 is 2.69 bits per heavy atom. The van der Waals surface area contributed by atoms with Crippen LogP contribution in [0.3, 0.4) is 0 Å². The van der Waals surface area contributed by atoms with Crippen molar-refractivity contribution in [1.29, 1.82) is 0 Å². The number of hydrogen-bond donors (Lipinski definition) is 1. The van der Waals surface area contributed by atoms with Crippen molar-refractivity contribution in [3.8, 4) is 11.5 Å². The molecule has 2 aromatic rings. The maximum absolute atomic E-state index is 12.8. The lowest BCUT2D eigenvalue weighted by molar-refractivity contribution is -0.123. The number of amides is 3. The molecule has 1 aromatic heterocycles. The van der Waals surface area contributed by atoms with Gasteiger partial charge in [-0.2, -0.15) is 0 Å². The summed E-state index contributed by atoms with van der Waals surface area (Å²) in [5.41, 5.74) is 0.608. The predicted molar refractivity (Wildman–Crippen MR) is 115 cm³/mol. The Morgan fingerprint density at radius 1 is 1.28 bits per heavy atom. The summed E-state index contributed by atoms with van der Waals surface area (Å²) in [6.45, 7) is 5.82. The average Bonchev–Trinajstić information content (AvgIpc) is 3.30. The van der Waals surface area contributed by atoms with Gasteiger partial charge in [-0.1, -0.05) is 11.6 Å². The van der Waals surface area contributed by atoms with Crippen LogP contribution in [-0.4, -0.2) is 42.6 Å². The summed E-state index contributed by atoms with van der Waals surface area (Å²) in [5, 5.41) is 2.85. The van der Waals surface area contributed by atoms with Crippen LogP contribution >= 0.6 is 11.6 Å². The van der Waals surface area contributed by atoms with Gasteiger partial charge in [-0.3, -0.25) is 9.69 Å². The summed E-state index contributed by atoms with van der Waals surface area (Å²) in [6.07, 6.45) is 1.39. The molecule has 2 heterocycles. The monoisotopic (exact) mass is 462 g/mol. The second kappa shape index (κ2) is 9.78. The molecule has 3 rings (SSSR count). The number of ether oxygens (including phenoxy) is 3. The number of nitrogens with one attached hydrogen (secondary N) is 1. The summed E-state index contributed by atoms with van der Waals surface area (Å²) in [6, 6.07) is 5.58. The van der Waals surface area contributed by atoms with Gasteiger partial charge < -0.3 is 23.9 Å². The topological polar surface area (TPSA) is 107 Å². The molecule has 0 aliphatic carbocycles. The largest absolute Gasteiger partial charge is 0.490 e. The average molecular weight is 463 g/mol. The van der Waals surface area contributed by atoms with Gasteiger partial charge >= 0.3 is 12.0 Å². The van der Waals surface area contributed by atoms with Gasteiger partial charge in [-0.25, -0.2) is 9.59 Å². The number of urea groups is 1. The minimum atomic E-state index is -0.652. The van der Waals surface area contributed by atoms with Gasteiger partial charge in [0.05, 0.1) is 31.4 Å². The van der Waals surface area contributed by atoms with Crippen molar-refractivity contribution in [1.82, 2.24) is 10.2 Å². The molecule has 1 fully saturated rings. The standard InChI is InChI=1S/C22H23ClN2O7/c1-5-30-18-10-13(8-15(23)19(18)31-12(2)3)9-16-20(26)25(22(28)24-16)11-14-6-7-17(32-14)21(27)29-4/h6-10,12H,5,11H2,1-4H3,(H,24,28)/b16-9-. The third kappa shape index (κ3) is 5.05. The van der Waals surface area contributed by atoms with Gasteiger partial charge in [0, 0.05) is 0 Å². The van der Waals surface area contributed by atoms with Crippen molar-refractivity contribution in [3.63, 3.8) is 0 Å². The van der Waals surface area contributed by atoms with Gasteiger partial charge in [-0.15, -0.1) is 0 Å². The molecule has 0 unspecified atom stereocenters. The summed E-state index contributed by atoms with van der Waals surface area (Å²) in [4.78, 5) is 37.6. The maximum Gasteiger partial charge on any atom is 0.373 e. The first kappa shape index (κ1) is 23.2. The van der Waals surface area contributed by atoms with Gasteiger partial charge in [0.15, 0.2) is 11.5 Å². The molecule has 1 saturated heterocycles. The van der Waals surface area contributed by atoms with Crippen LogP contribution in [0.25, 0.3) is 6.08 Å². The van der Waals surface area contributed by atoms with E-state index in [4.69, 9.17) is 25.5 Å². The second-order valence-electron chi connectivity index (χ2n) is 7.07. The predicted octanol–water partition coefficient (Wildman–Crippen LogP) is 4.00. The molecule has 0 saturated carbocycles. The Bertz CT molecular complexity index is 1070. The molecule has 0 atom stereocenters. The van der Waals surface area contributed by atoms with Gasteiger partial charge in [-0.05, 0) is 56.7 Å². The first-order valence-corrected chi connectivity index (χ1v) is 10.3. The van der Waals surface area contributed by atoms with Crippen LogP contribution in [0.2, 0.25) is 5.02 Å². The van der Waals surface area contributed by atoms with Crippen molar-refractivity contribution in [2.24, 2.45) is 0 Å². The maximum atomic E-state index is 12.8. The van der Waals surface area contributed by atoms with Crippen molar-refractivity contribution in [2.45, 2.75) is 33.4 Å². The summed E-state index contributed by atoms with van der Waals surface area (Å²) < 4.78 is 21.3. The lowest BCUT2D eigenvalue weighted by Gasteiger charge is -2.16. The fourth-order valence-electron chi connectivity index (χ4n) is 3.00. The van der Waals surface area contributed by atoms with Gasteiger partial charge in [0.2, 0.25) is 5.76 Å². The Labute approximate surface area is 189 Å². The zero-order chi connectivity index (χ0) is 23.4. The number of hydrogen-bond acceptors (Lipinski definition) is 7. The Kier molecular flexibility index (Phi) is 7.09. The van der Waals surface area contributed by atoms with E-state index in [1.54, 1.807) is 12.1 Å². The van der Waals surface area contributed by atoms with E-state index >= 15 is 0 Å². The number of carbonyl (C=O) groups excluding carboxylic acids is 3. The first-order valence-electron chi connectivity index (χ1n) is 9.88. The lowest BCUT2D eigenvalue weighted by Crippen LogP contribution is -2.30. The molecule has 1 aliphatic heterocycles. The highest BCUT2D eigenvalue weighted by Gasteiger charge is 2.34. The van der Waals surface area contributed by atoms with E-state index in [1.165, 1.54) is 25.3 Å². The van der Waals surface area contributed by atoms with E-state index in [9.17, 15) is 14.4 Å². The van der Waals surface area contributed by atoms with Crippen LogP contribution < -0.4 is 14.8 Å². The smallest absolute Gasteiger partial charge is 0.373 e. The van der Waals surface area contributed by atoms with Gasteiger partial charge in [0.1, 0.15) is 11.5 Å². The zero-order valence-electron chi connectivity index (χ0n) is 18.1. The third-order valence-electron chi connectivity index (χ3n) is 4.32. The van der Waals surface area contributed by atoms with Crippen molar-refractivity contribution >= 4 is 35.6 Å². The van der Waals surface area contributed by atoms with Crippen LogP contribution in [0.1, 0.15) is 42.6 Å². The van der Waals surface area contributed by atoms with E-state index in [2.05, 4.69) is 10.1 Å². The van der Waals surface area contributed by atoms with E-state index in [-0.39, 0.29) is 29.9 Å². The molecule has 32 heavy (non-hydrogen) atoms. The molecule has 170 valence electrons. The minimum absolute atomic E-state index is 0.0212. The highest BCUT2D eigenvalue weighted by atomic mass is 35.5. The number of halogens is 1. The molecule has 1 aliphatic rings. The van der Waals surface area contributed by atoms with Crippen molar-refractivity contribution in [3.05, 3.63) is 52.1 Å². The van der Waals surface area contributed by atoms with Crippen molar-refractivity contribution in [2.75, 3.05) is 13.7 Å². The SMILES string of the molecule is CCOc1cc(/C=C2\NC(=O)N(Cc3ccc(C(=O)OC)o3)C2=O)cc(Cl)c1OC(C)C. The molecule has 0 bridgehead atoms. The zero-order valence-corrected chi connectivity index (χ0v) is 18.8. The molecule has 0 spiro atoms. The van der Waals surface area contributed by atoms with E-state index in [0.29, 0.717) is 28.7 Å². The number of furan rings is 1. The molecular formula is C22H23ClN2O7. The highest BCUT2D eigenvalue weighted by molar-refractivity contribution is 6.32. The summed E-state index contributed by atoms with van der Waals surface area (Å²) in [7, 11) is 1.23. The van der Waals surface area contributed by atoms with E-state index < -0.39 is 17.9 Å². The molecule has 0 radical (unpaired) electrons. The number of rotatable bonds is 8. The molecule has 3 amide bonds. The number of nitrogens with zero attached hydrogens (tertiary/aromatic N) is 1. The number of esters is 1. The van der Waals surface area contributed by atoms with Crippen LogP contribution in [0, 0.1) is 0 Å². The molecular weight excluding hydrogens is 440 g/mol. The van der Waals surface area contributed by atoms with E-state index in [0.717, 1.165) is 4.90 Å². The highest BCUT2D eigenvalue weighted by Crippen LogP contribution is 2.38. The minimum Gasteiger partial charge on any atom is -0.490 e. The Morgan fingerprint density at radius 2 is 2.03 bits per heavy atom. The number of benzene rings is 1. The van der Waals surface area contributed by atoms with Crippen LogP contribution in [0.5, 0.6) is 11.5 Å². The fraction of sp³-hybridized carbons (Fsp3) is 0.318. The molecule has 10 heteroatoms. The lowest BCUT2D eigenvalue weighted by atomic mass is 10.1. The molecule has 1 aromatic carbocycles. The van der Waals surface area contributed by atoms with E-state index in [1.807, 2.05) is 20.8 Å². The van der Waals surface area contributed by atoms with Crippen LogP contribution in [0.4, 0.5) is 4.79 Å². The normalized spacial score (nSPS) is 14.8. The van der Waals surface area contributed by atoms with Gasteiger partial charge in [0.25, 0.3) is 5.91 Å². The quantitative estimate of drug-likeness (QED) is 0.359. The number of imide groups is 1. The Balaban J connectivity index is 1.83. The number of carbonyl (C=O) groups is 3. The summed E-state index contributed by atoms with van der Waals surface area (Å²) in [5.74, 6) is -0.129. The first-order chi connectivity index (χ1) is 15.2. The van der Waals surface area contributed by atoms with Crippen molar-refractivity contribution < 1.29 is 33.0 Å². The Hall–Kier alpha value is -3.46. The summed E-state index contributed by atoms with van der Waals surface area (Å²) >= 11 is 6.37. The molecule has 9 nitrogen and oxygen atoms in total. The fourth-order valence-corrected chi connectivity index (χ4v) is 3.26.